The van der Waals surface area contributed by atoms with Gasteiger partial charge in [0.1, 0.15) is 0 Å². The van der Waals surface area contributed by atoms with Crippen molar-refractivity contribution < 1.29 is 0 Å². The molecule has 2 rings (SSSR count). The van der Waals surface area contributed by atoms with Crippen molar-refractivity contribution in [2.45, 2.75) is 16.3 Å². The van der Waals surface area contributed by atoms with Crippen LogP contribution in [0.2, 0.25) is 5.02 Å². The van der Waals surface area contributed by atoms with Gasteiger partial charge in [-0.05, 0) is 23.8 Å². The second kappa shape index (κ2) is 5.34. The van der Waals surface area contributed by atoms with Crippen LogP contribution in [0.3, 0.4) is 0 Å². The molecule has 1 aromatic carbocycles. The van der Waals surface area contributed by atoms with Crippen LogP contribution in [0.25, 0.3) is 0 Å². The van der Waals surface area contributed by atoms with Crippen LogP contribution in [0, 0.1) is 0 Å². The van der Waals surface area contributed by atoms with Crippen LogP contribution >= 0.6 is 23.4 Å². The van der Waals surface area contributed by atoms with Crippen LogP contribution in [-0.4, -0.2) is 4.98 Å². The van der Waals surface area contributed by atoms with E-state index in [1.807, 2.05) is 36.5 Å². The molecular formula is C12H11ClN2S. The number of halogens is 1. The van der Waals surface area contributed by atoms with Crippen molar-refractivity contribution in [3.63, 3.8) is 0 Å². The highest BCUT2D eigenvalue weighted by Gasteiger charge is 2.05. The van der Waals surface area contributed by atoms with Gasteiger partial charge in [-0.1, -0.05) is 35.5 Å². The smallest absolute Gasteiger partial charge is 0.0545 e. The first-order valence-electron chi connectivity index (χ1n) is 4.86. The number of nitrogens with two attached hydrogens (primary N) is 1. The molecule has 0 saturated heterocycles. The van der Waals surface area contributed by atoms with Crippen molar-refractivity contribution in [2.24, 2.45) is 5.73 Å². The Hall–Kier alpha value is -1.03. The lowest BCUT2D eigenvalue weighted by molar-refractivity contribution is 1.00. The van der Waals surface area contributed by atoms with E-state index in [1.54, 1.807) is 18.0 Å². The average molecular weight is 251 g/mol. The Bertz CT molecular complexity index is 488. The molecule has 0 aliphatic heterocycles. The molecule has 0 saturated carbocycles. The molecule has 0 bridgehead atoms. The van der Waals surface area contributed by atoms with Gasteiger partial charge in [-0.25, -0.2) is 0 Å². The molecule has 0 fully saturated rings. The van der Waals surface area contributed by atoms with E-state index in [0.29, 0.717) is 6.54 Å². The van der Waals surface area contributed by atoms with E-state index in [4.69, 9.17) is 17.3 Å². The summed E-state index contributed by atoms with van der Waals surface area (Å²) in [5.74, 6) is 0. The summed E-state index contributed by atoms with van der Waals surface area (Å²) in [6.45, 7) is 0.509. The molecule has 0 unspecified atom stereocenters. The van der Waals surface area contributed by atoms with Crippen molar-refractivity contribution in [3.05, 3.63) is 53.3 Å². The van der Waals surface area contributed by atoms with Crippen LogP contribution < -0.4 is 5.73 Å². The maximum atomic E-state index is 6.10. The minimum absolute atomic E-state index is 0.509. The van der Waals surface area contributed by atoms with E-state index in [-0.39, 0.29) is 0 Å². The highest BCUT2D eigenvalue weighted by Crippen LogP contribution is 2.34. The molecule has 16 heavy (non-hydrogen) atoms. The number of hydrogen-bond donors (Lipinski definition) is 1. The Balaban J connectivity index is 2.30. The zero-order valence-corrected chi connectivity index (χ0v) is 10.1. The Morgan fingerprint density at radius 3 is 2.75 bits per heavy atom. The van der Waals surface area contributed by atoms with E-state index < -0.39 is 0 Å². The van der Waals surface area contributed by atoms with E-state index in [0.717, 1.165) is 20.4 Å². The molecule has 0 radical (unpaired) electrons. The van der Waals surface area contributed by atoms with Crippen LogP contribution in [0.5, 0.6) is 0 Å². The predicted molar refractivity (Wildman–Crippen MR) is 67.7 cm³/mol. The standard InChI is InChI=1S/C12H11ClN2S/c13-10-3-1-2-4-11(10)16-12-8-15-6-5-9(12)7-14/h1-6,8H,7,14H2. The van der Waals surface area contributed by atoms with Crippen LogP contribution in [0.4, 0.5) is 0 Å². The van der Waals surface area contributed by atoms with Crippen molar-refractivity contribution in [3.8, 4) is 0 Å². The lowest BCUT2D eigenvalue weighted by Crippen LogP contribution is -1.98. The molecule has 4 heteroatoms. The number of aromatic nitrogens is 1. The fourth-order valence-electron chi connectivity index (χ4n) is 1.32. The molecule has 0 spiro atoms. The summed E-state index contributed by atoms with van der Waals surface area (Å²) in [6, 6.07) is 9.67. The third-order valence-corrected chi connectivity index (χ3v) is 3.75. The molecule has 0 aliphatic carbocycles. The van der Waals surface area contributed by atoms with Crippen LogP contribution in [-0.2, 0) is 6.54 Å². The minimum atomic E-state index is 0.509. The first kappa shape index (κ1) is 11.5. The largest absolute Gasteiger partial charge is 0.326 e. The summed E-state index contributed by atoms with van der Waals surface area (Å²) >= 11 is 7.69. The summed E-state index contributed by atoms with van der Waals surface area (Å²) in [5, 5.41) is 0.749. The minimum Gasteiger partial charge on any atom is -0.326 e. The maximum absolute atomic E-state index is 6.10. The first-order valence-corrected chi connectivity index (χ1v) is 6.06. The van der Waals surface area contributed by atoms with Crippen LogP contribution in [0.15, 0.2) is 52.5 Å². The molecule has 0 aliphatic rings. The zero-order valence-electron chi connectivity index (χ0n) is 8.56. The van der Waals surface area contributed by atoms with Crippen LogP contribution in [0.1, 0.15) is 5.56 Å². The highest BCUT2D eigenvalue weighted by atomic mass is 35.5. The zero-order chi connectivity index (χ0) is 11.4. The molecule has 1 aromatic heterocycles. The summed E-state index contributed by atoms with van der Waals surface area (Å²) < 4.78 is 0. The number of rotatable bonds is 3. The van der Waals surface area contributed by atoms with Gasteiger partial charge in [-0.15, -0.1) is 0 Å². The third kappa shape index (κ3) is 2.55. The number of pyridine rings is 1. The number of nitrogens with zero attached hydrogens (tertiary/aromatic N) is 1. The Morgan fingerprint density at radius 1 is 1.19 bits per heavy atom. The van der Waals surface area contributed by atoms with E-state index in [1.165, 1.54) is 0 Å². The Kier molecular flexibility index (Phi) is 3.83. The van der Waals surface area contributed by atoms with E-state index >= 15 is 0 Å². The van der Waals surface area contributed by atoms with E-state index in [2.05, 4.69) is 4.98 Å². The second-order valence-electron chi connectivity index (χ2n) is 3.22. The fourth-order valence-corrected chi connectivity index (χ4v) is 2.51. The maximum Gasteiger partial charge on any atom is 0.0545 e. The molecule has 0 amide bonds. The monoisotopic (exact) mass is 250 g/mol. The quantitative estimate of drug-likeness (QED) is 0.908. The van der Waals surface area contributed by atoms with Gasteiger partial charge in [-0.3, -0.25) is 4.98 Å². The highest BCUT2D eigenvalue weighted by molar-refractivity contribution is 7.99. The SMILES string of the molecule is NCc1ccncc1Sc1ccccc1Cl. The van der Waals surface area contributed by atoms with Gasteiger partial charge in [0.05, 0.1) is 5.02 Å². The van der Waals surface area contributed by atoms with Gasteiger partial charge in [0.25, 0.3) is 0 Å². The molecular weight excluding hydrogens is 240 g/mol. The fraction of sp³-hybridized carbons (Fsp3) is 0.0833. The topological polar surface area (TPSA) is 38.9 Å². The Morgan fingerprint density at radius 2 is 2.00 bits per heavy atom. The van der Waals surface area contributed by atoms with Gasteiger partial charge in [-0.2, -0.15) is 0 Å². The van der Waals surface area contributed by atoms with Gasteiger partial charge >= 0.3 is 0 Å². The van der Waals surface area contributed by atoms with Crippen molar-refractivity contribution in [1.82, 2.24) is 4.98 Å². The molecule has 2 nitrogen and oxygen atoms in total. The average Bonchev–Trinajstić information content (AvgIpc) is 2.33. The molecule has 1 heterocycles. The second-order valence-corrected chi connectivity index (χ2v) is 4.71. The van der Waals surface area contributed by atoms with Gasteiger partial charge in [0, 0.05) is 28.7 Å². The van der Waals surface area contributed by atoms with Gasteiger partial charge in [0.2, 0.25) is 0 Å². The Labute approximate surface area is 104 Å². The van der Waals surface area contributed by atoms with Gasteiger partial charge in [0.15, 0.2) is 0 Å². The summed E-state index contributed by atoms with van der Waals surface area (Å²) in [7, 11) is 0. The summed E-state index contributed by atoms with van der Waals surface area (Å²) in [4.78, 5) is 6.17. The number of hydrogen-bond acceptors (Lipinski definition) is 3. The predicted octanol–water partition coefficient (Wildman–Crippen LogP) is 3.34. The first-order chi connectivity index (χ1) is 7.81. The number of benzene rings is 1. The van der Waals surface area contributed by atoms with Gasteiger partial charge < -0.3 is 5.73 Å². The van der Waals surface area contributed by atoms with E-state index in [9.17, 15) is 0 Å². The summed E-state index contributed by atoms with van der Waals surface area (Å²) in [5.41, 5.74) is 6.75. The lowest BCUT2D eigenvalue weighted by atomic mass is 10.3. The molecule has 2 aromatic rings. The van der Waals surface area contributed by atoms with Crippen molar-refractivity contribution >= 4 is 23.4 Å². The normalized spacial score (nSPS) is 10.4. The lowest BCUT2D eigenvalue weighted by Gasteiger charge is -2.07. The molecule has 82 valence electrons. The van der Waals surface area contributed by atoms with Crippen molar-refractivity contribution in [1.29, 1.82) is 0 Å². The van der Waals surface area contributed by atoms with Crippen molar-refractivity contribution in [2.75, 3.05) is 0 Å². The molecule has 2 N–H and O–H groups in total. The summed E-state index contributed by atoms with van der Waals surface area (Å²) in [6.07, 6.45) is 3.56. The third-order valence-electron chi connectivity index (χ3n) is 2.15. The molecule has 0 atom stereocenters.